The molecule has 0 fully saturated rings. The number of carbonyl (C=O) groups is 1. The first-order valence-electron chi connectivity index (χ1n) is 19.3. The van der Waals surface area contributed by atoms with Gasteiger partial charge >= 0.3 is 0 Å². The molecule has 10 N–H and O–H groups in total. The number of aromatic amines is 3. The molecule has 0 saturated carbocycles. The van der Waals surface area contributed by atoms with E-state index in [-0.39, 0.29) is 30.3 Å². The largest absolute Gasteiger partial charge is 0.357 e. The van der Waals surface area contributed by atoms with Crippen molar-refractivity contribution >= 4 is 73.6 Å². The molecule has 296 valence electrons. The van der Waals surface area contributed by atoms with Crippen molar-refractivity contribution in [3.63, 3.8) is 0 Å². The highest BCUT2D eigenvalue weighted by atomic mass is 35.5. The Kier molecular flexibility index (Phi) is 13.1. The number of ketones is 1. The van der Waals surface area contributed by atoms with E-state index in [0.29, 0.717) is 29.0 Å². The molecular formula is C46H44ClN11O. The Bertz CT molecular complexity index is 2710. The van der Waals surface area contributed by atoms with Crippen LogP contribution in [0.25, 0.3) is 47.2 Å². The maximum absolute atomic E-state index is 11.7. The predicted molar refractivity (Wildman–Crippen MR) is 237 cm³/mol. The fourth-order valence-electron chi connectivity index (χ4n) is 8.10. The van der Waals surface area contributed by atoms with Crippen molar-refractivity contribution in [2.24, 2.45) is 17.3 Å². The number of nitriles is 1. The number of nitrogens with two attached hydrogens (primary N) is 3. The topological polar surface area (TPSA) is 191 Å². The second-order valence-corrected chi connectivity index (χ2v) is 14.6. The highest BCUT2D eigenvalue weighted by Crippen LogP contribution is 2.37. The molecule has 7 aromatic rings. The Hall–Kier alpha value is -6.90. The van der Waals surface area contributed by atoms with Gasteiger partial charge in [-0.2, -0.15) is 5.26 Å². The summed E-state index contributed by atoms with van der Waals surface area (Å²) in [7, 11) is 0. The molecule has 3 aliphatic rings. The van der Waals surface area contributed by atoms with Crippen LogP contribution in [0, 0.1) is 31.0 Å². The lowest BCUT2D eigenvalue weighted by atomic mass is 9.92. The Morgan fingerprint density at radius 1 is 0.627 bits per heavy atom. The van der Waals surface area contributed by atoms with E-state index in [0.717, 1.165) is 90.2 Å². The van der Waals surface area contributed by atoms with E-state index in [1.54, 1.807) is 30.3 Å². The number of carbonyl (C=O) groups excluding carboxylic acids is 1. The molecule has 0 aliphatic heterocycles. The number of nitrogens with zero attached hydrogens (tertiary/aromatic N) is 4. The summed E-state index contributed by atoms with van der Waals surface area (Å²) in [5.74, 6) is 5.30. The number of Topliss-reactive ketones (excluding diaryl/α,β-unsaturated/α-hetero) is 1. The lowest BCUT2D eigenvalue weighted by molar-refractivity contribution is 0.0968. The minimum absolute atomic E-state index is 0. The van der Waals surface area contributed by atoms with Crippen molar-refractivity contribution < 1.29 is 4.79 Å². The summed E-state index contributed by atoms with van der Waals surface area (Å²) in [6, 6.07) is 26.3. The summed E-state index contributed by atoms with van der Waals surface area (Å²) in [6.07, 6.45) is 9.02. The molecule has 2 atom stereocenters. The molecule has 0 bridgehead atoms. The molecule has 0 radical (unpaired) electrons. The molecule has 10 rings (SSSR count). The van der Waals surface area contributed by atoms with Crippen LogP contribution in [-0.4, -0.2) is 20.7 Å². The number of aromatic nitrogens is 3. The molecule has 3 aromatic heterocycles. The first kappa shape index (κ1) is 41.7. The van der Waals surface area contributed by atoms with E-state index in [1.807, 2.05) is 54.6 Å². The van der Waals surface area contributed by atoms with Gasteiger partial charge in [0.25, 0.3) is 0 Å². The second kappa shape index (κ2) is 18.6. The summed E-state index contributed by atoms with van der Waals surface area (Å²) in [5, 5.41) is 11.8. The number of nitrogens with one attached hydrogen (secondary N) is 4. The van der Waals surface area contributed by atoms with Gasteiger partial charge in [0, 0.05) is 52.1 Å². The van der Waals surface area contributed by atoms with E-state index in [9.17, 15) is 4.79 Å². The number of rotatable bonds is 1. The quantitative estimate of drug-likeness (QED) is 0.0491. The van der Waals surface area contributed by atoms with Gasteiger partial charge in [0.05, 0.1) is 37.0 Å². The van der Waals surface area contributed by atoms with Crippen LogP contribution in [0.4, 0.5) is 22.7 Å². The molecule has 59 heavy (non-hydrogen) atoms. The predicted octanol–water partition coefficient (Wildman–Crippen LogP) is 10.6. The highest BCUT2D eigenvalue weighted by molar-refractivity contribution is 6.04. The van der Waals surface area contributed by atoms with E-state index < -0.39 is 0 Å². The van der Waals surface area contributed by atoms with Gasteiger partial charge in [-0.15, -0.1) is 12.4 Å². The number of halogens is 1. The van der Waals surface area contributed by atoms with Crippen LogP contribution < -0.4 is 22.7 Å². The SMILES string of the molecule is Cl.N#Cc1ccc(NN)cc1.[C-]#[N+]c1ccc2[nH]c3c(c2c1)CCCC3=O.[C-]#[N+]c1ccc2[nH]c3c(c2c1)CCCC3N.[C-]#[N+]c1ccc2[nH]c3c(c2c1)CCCC3N. The minimum atomic E-state index is 0. The summed E-state index contributed by atoms with van der Waals surface area (Å²) in [4.78, 5) is 32.0. The van der Waals surface area contributed by atoms with E-state index >= 15 is 0 Å². The Balaban J connectivity index is 0.000000133. The van der Waals surface area contributed by atoms with Crippen LogP contribution >= 0.6 is 12.4 Å². The third-order valence-electron chi connectivity index (χ3n) is 11.0. The molecule has 3 heterocycles. The monoisotopic (exact) mass is 801 g/mol. The molecule has 0 amide bonds. The Morgan fingerprint density at radius 2 is 1.07 bits per heavy atom. The molecule has 0 spiro atoms. The van der Waals surface area contributed by atoms with Crippen molar-refractivity contribution in [1.29, 1.82) is 5.26 Å². The summed E-state index contributed by atoms with van der Waals surface area (Å²) in [6.45, 7) is 21.1. The van der Waals surface area contributed by atoms with Gasteiger partial charge in [0.15, 0.2) is 22.8 Å². The molecular weight excluding hydrogens is 758 g/mol. The first-order chi connectivity index (χ1) is 28.2. The zero-order valence-electron chi connectivity index (χ0n) is 32.4. The lowest BCUT2D eigenvalue weighted by Crippen LogP contribution is -2.16. The van der Waals surface area contributed by atoms with Crippen molar-refractivity contribution in [2.75, 3.05) is 5.43 Å². The smallest absolute Gasteiger partial charge is 0.187 e. The summed E-state index contributed by atoms with van der Waals surface area (Å²) >= 11 is 0. The van der Waals surface area contributed by atoms with Crippen molar-refractivity contribution in [2.45, 2.75) is 69.9 Å². The van der Waals surface area contributed by atoms with Crippen molar-refractivity contribution in [1.82, 2.24) is 15.0 Å². The third-order valence-corrected chi connectivity index (χ3v) is 11.0. The second-order valence-electron chi connectivity index (χ2n) is 14.6. The molecule has 2 unspecified atom stereocenters. The number of fused-ring (bicyclic) bond motifs is 9. The normalized spacial score (nSPS) is 15.9. The van der Waals surface area contributed by atoms with E-state index in [2.05, 4.69) is 34.9 Å². The van der Waals surface area contributed by atoms with Crippen molar-refractivity contribution in [3.05, 3.63) is 152 Å². The number of hydrogen-bond acceptors (Lipinski definition) is 6. The Morgan fingerprint density at radius 3 is 1.51 bits per heavy atom. The highest BCUT2D eigenvalue weighted by Gasteiger charge is 2.23. The number of aryl methyl sites for hydroxylation is 3. The minimum Gasteiger partial charge on any atom is -0.357 e. The maximum Gasteiger partial charge on any atom is 0.187 e. The number of nitrogen functional groups attached to an aromatic ring is 1. The molecule has 3 aliphatic carbocycles. The standard InChI is InChI=1S/2C13H13N3.C13H10N2O.C7H7N3.ClH/c2*1-15-8-5-6-12-10(7-8)9-3-2-4-11(14)13(9)16-12;1-14-8-5-6-11-10(7-8)9-3-2-4-12(16)13(9)15-11;8-5-6-1-3-7(10-9)4-2-6;/h2*5-7,11,16H,2-4,14H2;5-7,15H,2-4H2;1-4,10H,9H2;1H. The number of H-pyrrole nitrogens is 3. The van der Waals surface area contributed by atoms with Gasteiger partial charge in [-0.1, -0.05) is 18.2 Å². The fraction of sp³-hybridized carbons (Fsp3) is 0.239. The Labute approximate surface area is 348 Å². The van der Waals surface area contributed by atoms with Crippen LogP contribution in [0.2, 0.25) is 0 Å². The number of hydrogen-bond donors (Lipinski definition) is 7. The molecule has 0 saturated heterocycles. The third kappa shape index (κ3) is 8.83. The van der Waals surface area contributed by atoms with E-state index in [1.165, 1.54) is 33.3 Å². The fourth-order valence-corrected chi connectivity index (χ4v) is 8.10. The van der Waals surface area contributed by atoms with Crippen LogP contribution in [0.15, 0.2) is 78.9 Å². The number of hydrazine groups is 1. The van der Waals surface area contributed by atoms with Gasteiger partial charge in [0.2, 0.25) is 0 Å². The van der Waals surface area contributed by atoms with Gasteiger partial charge in [-0.25, -0.2) is 14.5 Å². The van der Waals surface area contributed by atoms with Gasteiger partial charge in [-0.3, -0.25) is 10.6 Å². The average Bonchev–Trinajstić information content (AvgIpc) is 3.97. The van der Waals surface area contributed by atoms with E-state index in [4.69, 9.17) is 42.3 Å². The first-order valence-corrected chi connectivity index (χ1v) is 19.3. The number of benzene rings is 4. The molecule has 12 nitrogen and oxygen atoms in total. The summed E-state index contributed by atoms with van der Waals surface area (Å²) in [5.41, 5.74) is 28.1. The van der Waals surface area contributed by atoms with Crippen LogP contribution in [0.1, 0.15) is 94.7 Å². The van der Waals surface area contributed by atoms with Gasteiger partial charge in [0.1, 0.15) is 0 Å². The zero-order chi connectivity index (χ0) is 40.8. The number of anilines is 1. The van der Waals surface area contributed by atoms with Crippen molar-refractivity contribution in [3.8, 4) is 6.07 Å². The lowest BCUT2D eigenvalue weighted by Gasteiger charge is -2.18. The van der Waals surface area contributed by atoms with Crippen LogP contribution in [-0.2, 0) is 19.3 Å². The van der Waals surface area contributed by atoms with Gasteiger partial charge in [-0.05, 0) is 145 Å². The van der Waals surface area contributed by atoms with Crippen LogP contribution in [0.5, 0.6) is 0 Å². The molecule has 13 heteroatoms. The average molecular weight is 802 g/mol. The molecule has 4 aromatic carbocycles. The zero-order valence-corrected chi connectivity index (χ0v) is 33.2. The maximum atomic E-state index is 11.7. The van der Waals surface area contributed by atoms with Crippen LogP contribution in [0.3, 0.4) is 0 Å². The summed E-state index contributed by atoms with van der Waals surface area (Å²) < 4.78 is 0. The van der Waals surface area contributed by atoms with Gasteiger partial charge < -0.3 is 31.8 Å².